The number of sulfone groups is 1. The first kappa shape index (κ1) is 18.9. The van der Waals surface area contributed by atoms with Crippen molar-refractivity contribution in [2.75, 3.05) is 32.6 Å². The molecule has 1 unspecified atom stereocenters. The van der Waals surface area contributed by atoms with Gasteiger partial charge in [0.05, 0.1) is 0 Å². The van der Waals surface area contributed by atoms with Crippen molar-refractivity contribution < 1.29 is 8.42 Å². The second-order valence-corrected chi connectivity index (χ2v) is 9.32. The quantitative estimate of drug-likeness (QED) is 0.746. The fourth-order valence-electron chi connectivity index (χ4n) is 3.73. The van der Waals surface area contributed by atoms with Crippen molar-refractivity contribution in [1.82, 2.24) is 10.2 Å². The Kier molecular flexibility index (Phi) is 7.14. The zero-order valence-corrected chi connectivity index (χ0v) is 15.3. The van der Waals surface area contributed by atoms with Crippen LogP contribution in [-0.4, -0.2) is 57.5 Å². The summed E-state index contributed by atoms with van der Waals surface area (Å²) < 4.78 is 22.7. The maximum absolute atomic E-state index is 11.4. The second-order valence-electron chi connectivity index (χ2n) is 7.06. The average molecular weight is 319 g/mol. The molecule has 1 aliphatic rings. The Morgan fingerprint density at radius 1 is 1.29 bits per heavy atom. The molecular formula is C16H34N2O2S. The summed E-state index contributed by atoms with van der Waals surface area (Å²) in [6.07, 6.45) is 7.97. The maximum atomic E-state index is 11.4. The van der Waals surface area contributed by atoms with Gasteiger partial charge >= 0.3 is 0 Å². The van der Waals surface area contributed by atoms with Crippen LogP contribution in [-0.2, 0) is 9.84 Å². The van der Waals surface area contributed by atoms with Gasteiger partial charge in [-0.25, -0.2) is 8.42 Å². The molecule has 0 spiro atoms. The Labute approximate surface area is 131 Å². The van der Waals surface area contributed by atoms with E-state index in [2.05, 4.69) is 38.2 Å². The second kappa shape index (κ2) is 7.93. The van der Waals surface area contributed by atoms with E-state index >= 15 is 0 Å². The molecule has 0 saturated heterocycles. The zero-order valence-electron chi connectivity index (χ0n) is 14.5. The highest BCUT2D eigenvalue weighted by Crippen LogP contribution is 2.39. The van der Waals surface area contributed by atoms with E-state index in [1.165, 1.54) is 31.9 Å². The summed E-state index contributed by atoms with van der Waals surface area (Å²) in [6.45, 7) is 5.42. The molecule has 4 nitrogen and oxygen atoms in total. The predicted molar refractivity (Wildman–Crippen MR) is 90.5 cm³/mol. The van der Waals surface area contributed by atoms with E-state index in [9.17, 15) is 8.42 Å². The molecule has 0 aromatic heterocycles. The van der Waals surface area contributed by atoms with Gasteiger partial charge in [0.1, 0.15) is 9.84 Å². The molecule has 1 atom stereocenters. The van der Waals surface area contributed by atoms with Crippen LogP contribution in [0.15, 0.2) is 0 Å². The van der Waals surface area contributed by atoms with Gasteiger partial charge in [-0.1, -0.05) is 13.8 Å². The lowest BCUT2D eigenvalue weighted by atomic mass is 9.71. The smallest absolute Gasteiger partial charge is 0.147 e. The molecule has 0 bridgehead atoms. The fraction of sp³-hybridized carbons (Fsp3) is 1.00. The van der Waals surface area contributed by atoms with Crippen molar-refractivity contribution in [1.29, 1.82) is 0 Å². The van der Waals surface area contributed by atoms with Crippen molar-refractivity contribution in [3.63, 3.8) is 0 Å². The van der Waals surface area contributed by atoms with Crippen molar-refractivity contribution in [2.45, 2.75) is 64.0 Å². The summed E-state index contributed by atoms with van der Waals surface area (Å²) in [5, 5.41) is 3.64. The van der Waals surface area contributed by atoms with Crippen LogP contribution in [0.2, 0.25) is 0 Å². The third-order valence-electron chi connectivity index (χ3n) is 5.14. The minimum absolute atomic E-state index is 0.181. The van der Waals surface area contributed by atoms with Crippen LogP contribution in [0.3, 0.4) is 0 Å². The number of hydrogen-bond acceptors (Lipinski definition) is 4. The summed E-state index contributed by atoms with van der Waals surface area (Å²) >= 11 is 0. The van der Waals surface area contributed by atoms with Crippen LogP contribution < -0.4 is 5.32 Å². The van der Waals surface area contributed by atoms with Gasteiger partial charge in [-0.15, -0.1) is 0 Å². The molecule has 0 heterocycles. The number of rotatable bonds is 8. The fourth-order valence-corrected chi connectivity index (χ4v) is 4.42. The maximum Gasteiger partial charge on any atom is 0.147 e. The van der Waals surface area contributed by atoms with Gasteiger partial charge in [0.25, 0.3) is 0 Å². The summed E-state index contributed by atoms with van der Waals surface area (Å²) in [5.41, 5.74) is 0.181. The van der Waals surface area contributed by atoms with Crippen LogP contribution in [0.5, 0.6) is 0 Å². The Hall–Kier alpha value is -0.130. The van der Waals surface area contributed by atoms with Crippen LogP contribution >= 0.6 is 0 Å². The lowest BCUT2D eigenvalue weighted by Crippen LogP contribution is -2.60. The topological polar surface area (TPSA) is 49.4 Å². The van der Waals surface area contributed by atoms with E-state index in [-0.39, 0.29) is 5.54 Å². The molecule has 0 aliphatic heterocycles. The predicted octanol–water partition coefficient (Wildman–Crippen LogP) is 2.30. The summed E-state index contributed by atoms with van der Waals surface area (Å²) in [7, 11) is 1.50. The lowest BCUT2D eigenvalue weighted by Gasteiger charge is -2.50. The van der Waals surface area contributed by atoms with Gasteiger partial charge in [0.2, 0.25) is 0 Å². The van der Waals surface area contributed by atoms with Crippen molar-refractivity contribution in [2.24, 2.45) is 5.92 Å². The van der Waals surface area contributed by atoms with Gasteiger partial charge in [-0.2, -0.15) is 0 Å². The molecular weight excluding hydrogens is 284 g/mol. The van der Waals surface area contributed by atoms with E-state index in [0.29, 0.717) is 11.8 Å². The summed E-state index contributed by atoms with van der Waals surface area (Å²) in [5.74, 6) is 1.12. The molecule has 126 valence electrons. The van der Waals surface area contributed by atoms with Gasteiger partial charge in [-0.3, -0.25) is 0 Å². The monoisotopic (exact) mass is 318 g/mol. The number of likely N-dealkylation sites (N-methyl/N-ethyl adjacent to an activating group) is 2. The van der Waals surface area contributed by atoms with E-state index < -0.39 is 9.84 Å². The highest BCUT2D eigenvalue weighted by atomic mass is 32.2. The third-order valence-corrected chi connectivity index (χ3v) is 6.17. The first-order chi connectivity index (χ1) is 9.71. The average Bonchev–Trinajstić information content (AvgIpc) is 2.37. The molecule has 0 amide bonds. The molecule has 1 aliphatic carbocycles. The first-order valence-corrected chi connectivity index (χ1v) is 10.4. The molecule has 1 N–H and O–H groups in total. The molecule has 1 rings (SSSR count). The Morgan fingerprint density at radius 2 is 1.86 bits per heavy atom. The highest BCUT2D eigenvalue weighted by Gasteiger charge is 2.42. The molecule has 0 radical (unpaired) electrons. The molecule has 1 saturated carbocycles. The van der Waals surface area contributed by atoms with Crippen LogP contribution in [0.4, 0.5) is 0 Å². The molecule has 0 aromatic carbocycles. The van der Waals surface area contributed by atoms with Crippen molar-refractivity contribution in [3.8, 4) is 0 Å². The Bertz CT molecular complexity index is 399. The van der Waals surface area contributed by atoms with Gasteiger partial charge in [0, 0.05) is 23.6 Å². The van der Waals surface area contributed by atoms with Gasteiger partial charge in [0.15, 0.2) is 0 Å². The Balaban J connectivity index is 2.78. The molecule has 0 aromatic rings. The van der Waals surface area contributed by atoms with Crippen LogP contribution in [0, 0.1) is 5.92 Å². The SMILES string of the molecule is CCNC(CCCS(C)(=O)=O)C1(N(C)C)CCC(C)CC1. The van der Waals surface area contributed by atoms with E-state index in [1.807, 2.05) is 0 Å². The standard InChI is InChI=1S/C16H34N2O2S/c1-6-17-15(8-7-13-21(5,19)20)16(18(3)4)11-9-14(2)10-12-16/h14-15,17H,6-13H2,1-5H3. The largest absolute Gasteiger partial charge is 0.312 e. The number of nitrogens with one attached hydrogen (secondary N) is 1. The minimum Gasteiger partial charge on any atom is -0.312 e. The van der Waals surface area contributed by atoms with Crippen molar-refractivity contribution >= 4 is 9.84 Å². The van der Waals surface area contributed by atoms with Gasteiger partial charge in [-0.05, 0) is 65.1 Å². The van der Waals surface area contributed by atoms with E-state index in [0.717, 1.165) is 25.3 Å². The lowest BCUT2D eigenvalue weighted by molar-refractivity contribution is 0.0407. The normalized spacial score (nSPS) is 28.8. The van der Waals surface area contributed by atoms with Crippen LogP contribution in [0.25, 0.3) is 0 Å². The molecule has 5 heteroatoms. The zero-order chi connectivity index (χ0) is 16.1. The molecule has 1 fully saturated rings. The summed E-state index contributed by atoms with van der Waals surface area (Å²) in [6, 6.07) is 0.381. The van der Waals surface area contributed by atoms with E-state index in [4.69, 9.17) is 0 Å². The van der Waals surface area contributed by atoms with Gasteiger partial charge < -0.3 is 10.2 Å². The molecule has 21 heavy (non-hydrogen) atoms. The first-order valence-electron chi connectivity index (χ1n) is 8.30. The minimum atomic E-state index is -2.86. The van der Waals surface area contributed by atoms with Crippen LogP contribution in [0.1, 0.15) is 52.4 Å². The van der Waals surface area contributed by atoms with Crippen molar-refractivity contribution in [3.05, 3.63) is 0 Å². The number of nitrogens with zero attached hydrogens (tertiary/aromatic N) is 1. The number of hydrogen-bond donors (Lipinski definition) is 1. The summed E-state index contributed by atoms with van der Waals surface area (Å²) in [4.78, 5) is 2.38. The Morgan fingerprint density at radius 3 is 2.29 bits per heavy atom. The van der Waals surface area contributed by atoms with E-state index in [1.54, 1.807) is 0 Å². The third kappa shape index (κ3) is 5.53. The highest BCUT2D eigenvalue weighted by molar-refractivity contribution is 7.90.